The van der Waals surface area contributed by atoms with Crippen molar-refractivity contribution in [3.05, 3.63) is 128 Å². The molecule has 222 valence electrons. The molecule has 0 radical (unpaired) electrons. The number of benzene rings is 3. The normalized spacial score (nSPS) is 10.8. The van der Waals surface area contributed by atoms with E-state index in [4.69, 9.17) is 4.74 Å². The second-order valence-electron chi connectivity index (χ2n) is 10.2. The first kappa shape index (κ1) is 30.0. The molecule has 3 aromatic carbocycles. The Morgan fingerprint density at radius 3 is 2.45 bits per heavy atom. The van der Waals surface area contributed by atoms with Gasteiger partial charge in [-0.1, -0.05) is 30.0 Å². The smallest absolute Gasteiger partial charge is 0.337 e. The lowest BCUT2D eigenvalue weighted by molar-refractivity contribution is 0.0600. The molecule has 44 heavy (non-hydrogen) atoms. The molecule has 0 aliphatic rings. The number of aromatic nitrogens is 4. The maximum Gasteiger partial charge on any atom is 0.337 e. The van der Waals surface area contributed by atoms with Crippen LogP contribution in [0, 0.1) is 30.4 Å². The number of methoxy groups -OCH3 is 1. The molecule has 0 N–H and O–H groups in total. The number of rotatable bonds is 8. The monoisotopic (exact) mass is 594 g/mol. The molecule has 8 nitrogen and oxygen atoms in total. The first-order chi connectivity index (χ1) is 21.1. The Morgan fingerprint density at radius 1 is 0.977 bits per heavy atom. The lowest BCUT2D eigenvalue weighted by Gasteiger charge is -2.08. The van der Waals surface area contributed by atoms with Gasteiger partial charge in [-0.2, -0.15) is 0 Å². The molecule has 0 spiro atoms. The van der Waals surface area contributed by atoms with Crippen LogP contribution in [0.4, 0.5) is 8.78 Å². The maximum atomic E-state index is 13.6. The summed E-state index contributed by atoms with van der Waals surface area (Å²) in [7, 11) is 2.98. The molecule has 5 aromatic rings. The number of fused-ring (bicyclic) bond motifs is 1. The van der Waals surface area contributed by atoms with Gasteiger partial charge < -0.3 is 4.74 Å². The van der Waals surface area contributed by atoms with Gasteiger partial charge in [0.2, 0.25) is 0 Å². The van der Waals surface area contributed by atoms with E-state index in [9.17, 15) is 23.2 Å². The summed E-state index contributed by atoms with van der Waals surface area (Å²) in [6, 6.07) is 16.1. The number of carbonyl (C=O) groups excluding carboxylic acids is 2. The predicted octanol–water partition coefficient (Wildman–Crippen LogP) is 5.16. The molecule has 0 saturated heterocycles. The fraction of sp³-hybridized carbons (Fsp3) is 0.206. The van der Waals surface area contributed by atoms with Crippen molar-refractivity contribution in [1.29, 1.82) is 0 Å². The van der Waals surface area contributed by atoms with E-state index in [2.05, 4.69) is 21.8 Å². The van der Waals surface area contributed by atoms with E-state index in [0.717, 1.165) is 34.2 Å². The molecule has 5 rings (SSSR count). The summed E-state index contributed by atoms with van der Waals surface area (Å²) in [5.74, 6) is 4.01. The third-order valence-corrected chi connectivity index (χ3v) is 7.33. The molecule has 0 bridgehead atoms. The van der Waals surface area contributed by atoms with Gasteiger partial charge in [-0.15, -0.1) is 0 Å². The summed E-state index contributed by atoms with van der Waals surface area (Å²) in [5.41, 5.74) is 3.41. The van der Waals surface area contributed by atoms with Gasteiger partial charge in [0.25, 0.3) is 5.56 Å². The Balaban J connectivity index is 1.22. The van der Waals surface area contributed by atoms with Crippen molar-refractivity contribution < 1.29 is 23.1 Å². The van der Waals surface area contributed by atoms with Crippen molar-refractivity contribution >= 4 is 22.7 Å². The van der Waals surface area contributed by atoms with Crippen LogP contribution in [-0.2, 0) is 24.8 Å². The quantitative estimate of drug-likeness (QED) is 0.140. The number of ketones is 1. The number of nitrogens with zero attached hydrogens (tertiary/aromatic N) is 4. The largest absolute Gasteiger partial charge is 0.465 e. The predicted molar refractivity (Wildman–Crippen MR) is 160 cm³/mol. The van der Waals surface area contributed by atoms with Crippen LogP contribution in [0.2, 0.25) is 0 Å². The number of esters is 1. The molecule has 10 heteroatoms. The van der Waals surface area contributed by atoms with Crippen molar-refractivity contribution in [2.45, 2.75) is 32.7 Å². The van der Waals surface area contributed by atoms with Crippen molar-refractivity contribution in [1.82, 2.24) is 19.3 Å². The number of Topliss-reactive ketones (excluding diaryl/α,β-unsaturated/α-hetero) is 1. The van der Waals surface area contributed by atoms with Gasteiger partial charge in [-0.05, 0) is 60.5 Å². The van der Waals surface area contributed by atoms with Crippen LogP contribution in [-0.4, -0.2) is 38.2 Å². The molecule has 0 unspecified atom stereocenters. The number of halogens is 2. The highest BCUT2D eigenvalue weighted by Crippen LogP contribution is 2.16. The second kappa shape index (κ2) is 12.8. The molecule has 0 aliphatic carbocycles. The Kier molecular flexibility index (Phi) is 8.76. The lowest BCUT2D eigenvalue weighted by atomic mass is 10.1. The summed E-state index contributed by atoms with van der Waals surface area (Å²) < 4.78 is 34.5. The Bertz CT molecular complexity index is 2020. The SMILES string of the molecule is COC(=O)c1ccc(Cc2ncc3cc(C#CCCC(=O)c4c(C)n(C)n(Cc5ccc(F)c(F)c5)c4=O)ccc3n2)cc1. The molecule has 2 aromatic heterocycles. The van der Waals surface area contributed by atoms with E-state index in [-0.39, 0.29) is 36.7 Å². The Hall–Kier alpha value is -5.43. The van der Waals surface area contributed by atoms with Crippen LogP contribution >= 0.6 is 0 Å². The lowest BCUT2D eigenvalue weighted by Crippen LogP contribution is -2.25. The summed E-state index contributed by atoms with van der Waals surface area (Å²) in [5, 5.41) is 0.819. The van der Waals surface area contributed by atoms with E-state index in [1.165, 1.54) is 17.9 Å². The molecular weight excluding hydrogens is 566 g/mol. The second-order valence-corrected chi connectivity index (χ2v) is 10.2. The zero-order valence-corrected chi connectivity index (χ0v) is 24.4. The van der Waals surface area contributed by atoms with E-state index in [0.29, 0.717) is 29.1 Å². The van der Waals surface area contributed by atoms with Gasteiger partial charge in [-0.3, -0.25) is 14.3 Å². The highest BCUT2D eigenvalue weighted by molar-refractivity contribution is 5.97. The molecule has 0 atom stereocenters. The van der Waals surface area contributed by atoms with Crippen molar-refractivity contribution in [2.75, 3.05) is 7.11 Å². The number of ether oxygens (including phenoxy) is 1. The van der Waals surface area contributed by atoms with Crippen molar-refractivity contribution in [3.8, 4) is 11.8 Å². The third-order valence-electron chi connectivity index (χ3n) is 7.33. The standard InChI is InChI=1S/C34H28F2N4O4/c1-21-32(33(42)40(39(21)2)20-24-10-14-27(35)28(36)17-24)30(41)7-5-4-6-22-11-15-29-26(16-22)19-37-31(38-29)18-23-8-12-25(13-9-23)34(43)44-3/h8-17,19H,5,7,18,20H2,1-3H3. The first-order valence-corrected chi connectivity index (χ1v) is 13.8. The minimum Gasteiger partial charge on any atom is -0.465 e. The number of carbonyl (C=O) groups is 2. The first-order valence-electron chi connectivity index (χ1n) is 13.8. The minimum absolute atomic E-state index is 0.00221. The van der Waals surface area contributed by atoms with E-state index < -0.39 is 17.2 Å². The van der Waals surface area contributed by atoms with Gasteiger partial charge >= 0.3 is 5.97 Å². The van der Waals surface area contributed by atoms with Crippen molar-refractivity contribution in [3.63, 3.8) is 0 Å². The van der Waals surface area contributed by atoms with Crippen LogP contribution in [0.5, 0.6) is 0 Å². The Morgan fingerprint density at radius 2 is 1.73 bits per heavy atom. The molecule has 0 aliphatic heterocycles. The van der Waals surface area contributed by atoms with Gasteiger partial charge in [0, 0.05) is 49.2 Å². The topological polar surface area (TPSA) is 96.1 Å². The fourth-order valence-corrected chi connectivity index (χ4v) is 4.83. The highest BCUT2D eigenvalue weighted by atomic mass is 19.2. The fourth-order valence-electron chi connectivity index (χ4n) is 4.83. The summed E-state index contributed by atoms with van der Waals surface area (Å²) in [6.45, 7) is 1.67. The zero-order valence-electron chi connectivity index (χ0n) is 24.4. The van der Waals surface area contributed by atoms with Gasteiger partial charge in [0.1, 0.15) is 11.4 Å². The summed E-state index contributed by atoms with van der Waals surface area (Å²) >= 11 is 0. The number of hydrogen-bond acceptors (Lipinski definition) is 6. The van der Waals surface area contributed by atoms with Crippen molar-refractivity contribution in [2.24, 2.45) is 7.05 Å². The summed E-state index contributed by atoms with van der Waals surface area (Å²) in [6.07, 6.45) is 2.54. The Labute approximate surface area is 251 Å². The van der Waals surface area contributed by atoms with E-state index in [1.807, 2.05) is 30.3 Å². The van der Waals surface area contributed by atoms with Gasteiger partial charge in [0.05, 0.1) is 24.7 Å². The average molecular weight is 595 g/mol. The third kappa shape index (κ3) is 6.47. The van der Waals surface area contributed by atoms with Crippen LogP contribution in [0.1, 0.15) is 61.8 Å². The van der Waals surface area contributed by atoms with Gasteiger partial charge in [-0.25, -0.2) is 28.2 Å². The van der Waals surface area contributed by atoms with Crippen LogP contribution < -0.4 is 5.56 Å². The molecule has 0 saturated carbocycles. The minimum atomic E-state index is -0.999. The zero-order chi connectivity index (χ0) is 31.4. The molecular formula is C34H28F2N4O4. The van der Waals surface area contributed by atoms with E-state index in [1.54, 1.807) is 37.0 Å². The summed E-state index contributed by atoms with van der Waals surface area (Å²) in [4.78, 5) is 46.8. The molecule has 0 fully saturated rings. The van der Waals surface area contributed by atoms with Crippen LogP contribution in [0.15, 0.2) is 71.7 Å². The average Bonchev–Trinajstić information content (AvgIpc) is 3.23. The number of hydrogen-bond donors (Lipinski definition) is 0. The maximum absolute atomic E-state index is 13.6. The van der Waals surface area contributed by atoms with Crippen LogP contribution in [0.3, 0.4) is 0 Å². The van der Waals surface area contributed by atoms with Crippen LogP contribution in [0.25, 0.3) is 10.9 Å². The molecule has 0 amide bonds. The highest BCUT2D eigenvalue weighted by Gasteiger charge is 2.21. The molecule has 2 heterocycles. The van der Waals surface area contributed by atoms with Gasteiger partial charge in [0.15, 0.2) is 17.4 Å². The van der Waals surface area contributed by atoms with E-state index >= 15 is 0 Å².